The minimum absolute atomic E-state index is 0.0140. The Balaban J connectivity index is 1.57. The maximum absolute atomic E-state index is 14.1. The average Bonchev–Trinajstić information content (AvgIpc) is 3.59. The van der Waals surface area contributed by atoms with Crippen LogP contribution in [0.5, 0.6) is 0 Å². The van der Waals surface area contributed by atoms with Crippen LogP contribution in [0.2, 0.25) is 0 Å². The lowest BCUT2D eigenvalue weighted by atomic mass is 9.76. The van der Waals surface area contributed by atoms with Crippen LogP contribution in [0.15, 0.2) is 146 Å². The summed E-state index contributed by atoms with van der Waals surface area (Å²) >= 11 is 0. The van der Waals surface area contributed by atoms with Gasteiger partial charge in [0, 0.05) is 30.4 Å². The second-order valence-electron chi connectivity index (χ2n) is 11.2. The predicted octanol–water partition coefficient (Wildman–Crippen LogP) is 5.75. The van der Waals surface area contributed by atoms with Crippen molar-refractivity contribution in [3.8, 4) is 0 Å². The van der Waals surface area contributed by atoms with Gasteiger partial charge in [-0.25, -0.2) is 9.78 Å². The molecule has 0 saturated heterocycles. The average molecular weight is 643 g/mol. The number of hydrogen-bond acceptors (Lipinski definition) is 6. The fourth-order valence-corrected chi connectivity index (χ4v) is 5.92. The van der Waals surface area contributed by atoms with Crippen LogP contribution in [0.1, 0.15) is 34.9 Å². The number of carbonyl (C=O) groups is 3. The largest absolute Gasteiger partial charge is 0.480 e. The lowest BCUT2D eigenvalue weighted by Gasteiger charge is -2.39. The molecule has 4 aromatic carbocycles. The third-order valence-electron chi connectivity index (χ3n) is 8.14. The van der Waals surface area contributed by atoms with E-state index in [-0.39, 0.29) is 31.9 Å². The summed E-state index contributed by atoms with van der Waals surface area (Å²) in [6.45, 7) is 1.43. The molecule has 0 bridgehead atoms. The van der Waals surface area contributed by atoms with E-state index in [0.29, 0.717) is 11.3 Å². The summed E-state index contributed by atoms with van der Waals surface area (Å²) in [5.41, 5.74) is 3.87. The number of carboxylic acid groups (broad SMARTS) is 1. The minimum atomic E-state index is -1.05. The quantitative estimate of drug-likeness (QED) is 0.0982. The van der Waals surface area contributed by atoms with Gasteiger partial charge in [0.15, 0.2) is 5.78 Å². The van der Waals surface area contributed by atoms with Crippen molar-refractivity contribution in [2.75, 3.05) is 13.1 Å². The highest BCUT2D eigenvalue weighted by molar-refractivity contribution is 6.01. The summed E-state index contributed by atoms with van der Waals surface area (Å²) in [5.74, 6) is -1.41. The first kappa shape index (κ1) is 33.6. The molecule has 1 heterocycles. The van der Waals surface area contributed by atoms with Gasteiger partial charge in [-0.05, 0) is 29.2 Å². The Kier molecular flexibility index (Phi) is 11.3. The molecule has 244 valence electrons. The van der Waals surface area contributed by atoms with Crippen LogP contribution in [0.4, 0.5) is 4.79 Å². The predicted molar refractivity (Wildman–Crippen MR) is 183 cm³/mol. The summed E-state index contributed by atoms with van der Waals surface area (Å²) in [6.07, 6.45) is 4.41. The van der Waals surface area contributed by atoms with Crippen LogP contribution < -0.4 is 10.6 Å². The third kappa shape index (κ3) is 7.76. The number of ketones is 1. The highest BCUT2D eigenvalue weighted by Crippen LogP contribution is 2.41. The molecule has 3 N–H and O–H groups in total. The SMILES string of the molecule is C/C=C(\CNCC(=O)O)C(=O)C(Cc1cncn1C(c1ccccc1)(c1ccccc1)c1ccccc1)NC(=O)OCc1ccccc1. The Morgan fingerprint density at radius 3 is 1.83 bits per heavy atom. The van der Waals surface area contributed by atoms with Crippen molar-refractivity contribution < 1.29 is 24.2 Å². The first-order valence-electron chi connectivity index (χ1n) is 15.7. The first-order chi connectivity index (χ1) is 23.4. The lowest BCUT2D eigenvalue weighted by Crippen LogP contribution is -2.46. The zero-order chi connectivity index (χ0) is 33.8. The molecule has 0 saturated carbocycles. The lowest BCUT2D eigenvalue weighted by molar-refractivity contribution is -0.136. The molecule has 5 rings (SSSR count). The number of imidazole rings is 1. The second-order valence-corrected chi connectivity index (χ2v) is 11.2. The van der Waals surface area contributed by atoms with Crippen molar-refractivity contribution in [3.63, 3.8) is 0 Å². The van der Waals surface area contributed by atoms with Gasteiger partial charge in [-0.3, -0.25) is 9.59 Å². The zero-order valence-corrected chi connectivity index (χ0v) is 26.7. The molecule has 0 aliphatic heterocycles. The van der Waals surface area contributed by atoms with Gasteiger partial charge < -0.3 is 25.0 Å². The Bertz CT molecular complexity index is 1730. The van der Waals surface area contributed by atoms with Gasteiger partial charge in [-0.2, -0.15) is 0 Å². The monoisotopic (exact) mass is 642 g/mol. The highest BCUT2D eigenvalue weighted by Gasteiger charge is 2.40. The number of alkyl carbamates (subject to hydrolysis) is 1. The number of hydrogen-bond donors (Lipinski definition) is 3. The smallest absolute Gasteiger partial charge is 0.408 e. The molecular weight excluding hydrogens is 604 g/mol. The van der Waals surface area contributed by atoms with E-state index in [1.165, 1.54) is 0 Å². The number of aliphatic carboxylic acids is 1. The van der Waals surface area contributed by atoms with Gasteiger partial charge in [-0.1, -0.05) is 127 Å². The Morgan fingerprint density at radius 2 is 1.33 bits per heavy atom. The molecule has 0 fully saturated rings. The van der Waals surface area contributed by atoms with E-state index in [0.717, 1.165) is 22.3 Å². The number of benzene rings is 4. The topological polar surface area (TPSA) is 123 Å². The molecule has 1 amide bonds. The maximum Gasteiger partial charge on any atom is 0.408 e. The van der Waals surface area contributed by atoms with Crippen molar-refractivity contribution >= 4 is 17.8 Å². The molecule has 1 aromatic heterocycles. The van der Waals surface area contributed by atoms with Crippen LogP contribution in [0, 0.1) is 0 Å². The van der Waals surface area contributed by atoms with E-state index in [9.17, 15) is 14.4 Å². The normalized spacial score (nSPS) is 12.2. The van der Waals surface area contributed by atoms with E-state index in [2.05, 4.69) is 56.6 Å². The number of nitrogens with zero attached hydrogens (tertiary/aromatic N) is 2. The number of aromatic nitrogens is 2. The number of allylic oxidation sites excluding steroid dienone is 1. The molecular formula is C39H38N4O5. The Labute approximate surface area is 279 Å². The zero-order valence-electron chi connectivity index (χ0n) is 26.7. The first-order valence-corrected chi connectivity index (χ1v) is 15.7. The molecule has 9 heteroatoms. The summed E-state index contributed by atoms with van der Waals surface area (Å²) in [4.78, 5) is 43.0. The summed E-state index contributed by atoms with van der Waals surface area (Å²) in [6, 6.07) is 38.5. The van der Waals surface area contributed by atoms with E-state index in [1.54, 1.807) is 25.5 Å². The summed E-state index contributed by atoms with van der Waals surface area (Å²) in [5, 5.41) is 14.7. The van der Waals surface area contributed by atoms with Crippen LogP contribution >= 0.6 is 0 Å². The summed E-state index contributed by atoms with van der Waals surface area (Å²) < 4.78 is 7.58. The molecule has 9 nitrogen and oxygen atoms in total. The minimum Gasteiger partial charge on any atom is -0.480 e. The van der Waals surface area contributed by atoms with Gasteiger partial charge in [0.05, 0.1) is 12.9 Å². The standard InChI is InChI=1S/C39H38N4O5/c1-2-30(24-40-26-36(44)45)37(46)35(42-38(47)48-27-29-15-7-3-8-16-29)23-34-25-41-28-43(34)39(31-17-9-4-10-18-31,32-19-11-5-12-20-32)33-21-13-6-14-22-33/h2-22,25,28,35,40H,23-24,26-27H2,1H3,(H,42,47)(H,44,45)/b30-2+. The van der Waals surface area contributed by atoms with Crippen LogP contribution in [0.3, 0.4) is 0 Å². The van der Waals surface area contributed by atoms with E-state index in [4.69, 9.17) is 9.84 Å². The van der Waals surface area contributed by atoms with Crippen molar-refractivity contribution in [2.45, 2.75) is 31.5 Å². The van der Waals surface area contributed by atoms with Gasteiger partial charge >= 0.3 is 12.1 Å². The number of carbonyl (C=O) groups excluding carboxylic acids is 2. The third-order valence-corrected chi connectivity index (χ3v) is 8.14. The van der Waals surface area contributed by atoms with Gasteiger partial charge in [0.1, 0.15) is 18.2 Å². The maximum atomic E-state index is 14.1. The molecule has 0 aliphatic rings. The highest BCUT2D eigenvalue weighted by atomic mass is 16.5. The molecule has 0 radical (unpaired) electrons. The van der Waals surface area contributed by atoms with E-state index in [1.807, 2.05) is 84.9 Å². The van der Waals surface area contributed by atoms with Crippen LogP contribution in [-0.4, -0.2) is 51.6 Å². The van der Waals surface area contributed by atoms with E-state index >= 15 is 0 Å². The van der Waals surface area contributed by atoms with Crippen LogP contribution in [0.25, 0.3) is 0 Å². The molecule has 0 spiro atoms. The van der Waals surface area contributed by atoms with Crippen molar-refractivity contribution in [1.82, 2.24) is 20.2 Å². The number of Topliss-reactive ketones (excluding diaryl/α,β-unsaturated/α-hetero) is 1. The molecule has 48 heavy (non-hydrogen) atoms. The number of ether oxygens (including phenoxy) is 1. The van der Waals surface area contributed by atoms with Crippen LogP contribution in [-0.2, 0) is 32.9 Å². The molecule has 5 aromatic rings. The molecule has 1 unspecified atom stereocenters. The molecule has 0 aliphatic carbocycles. The fraction of sp³-hybridized carbons (Fsp3) is 0.179. The number of amides is 1. The Hall–Kier alpha value is -5.80. The Morgan fingerprint density at radius 1 is 0.812 bits per heavy atom. The number of nitrogens with one attached hydrogen (secondary N) is 2. The van der Waals surface area contributed by atoms with Crippen molar-refractivity contribution in [3.05, 3.63) is 173 Å². The van der Waals surface area contributed by atoms with Gasteiger partial charge in [0.25, 0.3) is 0 Å². The van der Waals surface area contributed by atoms with Gasteiger partial charge in [0.2, 0.25) is 0 Å². The summed E-state index contributed by atoms with van der Waals surface area (Å²) in [7, 11) is 0. The fourth-order valence-electron chi connectivity index (χ4n) is 5.92. The molecule has 1 atom stereocenters. The van der Waals surface area contributed by atoms with Crippen molar-refractivity contribution in [2.24, 2.45) is 0 Å². The van der Waals surface area contributed by atoms with Crippen molar-refractivity contribution in [1.29, 1.82) is 0 Å². The number of rotatable bonds is 15. The second kappa shape index (κ2) is 16.2. The number of carboxylic acids is 1. The van der Waals surface area contributed by atoms with E-state index < -0.39 is 23.6 Å². The van der Waals surface area contributed by atoms with Gasteiger partial charge in [-0.15, -0.1) is 0 Å².